The Kier molecular flexibility index (Phi) is 3.63. The number of aromatic nitrogens is 1. The van der Waals surface area contributed by atoms with E-state index in [-0.39, 0.29) is 6.03 Å². The van der Waals surface area contributed by atoms with Crippen LogP contribution in [0.2, 0.25) is 0 Å². The van der Waals surface area contributed by atoms with Gasteiger partial charge in [0.05, 0.1) is 0 Å². The predicted octanol–water partition coefficient (Wildman–Crippen LogP) is 3.46. The highest BCUT2D eigenvalue weighted by atomic mass is 16.2. The molecular weight excluding hydrogens is 250 g/mol. The van der Waals surface area contributed by atoms with Crippen LogP contribution in [-0.4, -0.2) is 17.6 Å². The van der Waals surface area contributed by atoms with Gasteiger partial charge in [-0.05, 0) is 43.0 Å². The van der Waals surface area contributed by atoms with E-state index in [1.165, 1.54) is 5.56 Å². The van der Waals surface area contributed by atoms with Crippen LogP contribution in [0.15, 0.2) is 48.7 Å². The number of aryl methyl sites for hydroxylation is 1. The second-order valence-electron chi connectivity index (χ2n) is 4.88. The van der Waals surface area contributed by atoms with Crippen molar-refractivity contribution in [3.05, 3.63) is 54.2 Å². The largest absolute Gasteiger partial charge is 0.327 e. The molecule has 0 aliphatic carbocycles. The zero-order chi connectivity index (χ0) is 13.8. The van der Waals surface area contributed by atoms with E-state index < -0.39 is 0 Å². The maximum Gasteiger partial charge on any atom is 0.327 e. The Morgan fingerprint density at radius 1 is 1.10 bits per heavy atom. The number of rotatable bonds is 1. The maximum atomic E-state index is 12.5. The zero-order valence-electron chi connectivity index (χ0n) is 11.2. The van der Waals surface area contributed by atoms with Gasteiger partial charge in [-0.2, -0.15) is 0 Å². The lowest BCUT2D eigenvalue weighted by Gasteiger charge is -2.22. The van der Waals surface area contributed by atoms with Gasteiger partial charge in [-0.15, -0.1) is 0 Å². The third kappa shape index (κ3) is 2.64. The van der Waals surface area contributed by atoms with Crippen molar-refractivity contribution in [3.63, 3.8) is 0 Å². The number of pyridine rings is 1. The smallest absolute Gasteiger partial charge is 0.294 e. The van der Waals surface area contributed by atoms with Gasteiger partial charge in [-0.3, -0.25) is 10.2 Å². The SMILES string of the molecule is O=C(Nc1ccccn1)N1CCCCc2ccccc21. The van der Waals surface area contributed by atoms with Gasteiger partial charge in [0, 0.05) is 18.4 Å². The number of para-hydroxylation sites is 1. The molecule has 1 aliphatic rings. The van der Waals surface area contributed by atoms with Crippen molar-refractivity contribution < 1.29 is 4.79 Å². The Hall–Kier alpha value is -2.36. The molecule has 4 nitrogen and oxygen atoms in total. The Bertz CT molecular complexity index is 598. The molecule has 0 bridgehead atoms. The van der Waals surface area contributed by atoms with Crippen LogP contribution in [0.5, 0.6) is 0 Å². The summed E-state index contributed by atoms with van der Waals surface area (Å²) in [6, 6.07) is 13.5. The van der Waals surface area contributed by atoms with Gasteiger partial charge >= 0.3 is 6.03 Å². The van der Waals surface area contributed by atoms with E-state index in [0.717, 1.165) is 31.5 Å². The molecule has 1 N–H and O–H groups in total. The number of hydrogen-bond donors (Lipinski definition) is 1. The first kappa shape index (κ1) is 12.7. The van der Waals surface area contributed by atoms with Gasteiger partial charge in [0.15, 0.2) is 0 Å². The van der Waals surface area contributed by atoms with Gasteiger partial charge < -0.3 is 0 Å². The first-order valence-corrected chi connectivity index (χ1v) is 6.92. The van der Waals surface area contributed by atoms with E-state index in [2.05, 4.69) is 16.4 Å². The molecule has 1 aromatic carbocycles. The number of nitrogens with one attached hydrogen (secondary N) is 1. The second kappa shape index (κ2) is 5.74. The fraction of sp³-hybridized carbons (Fsp3) is 0.250. The molecule has 0 saturated carbocycles. The van der Waals surface area contributed by atoms with Crippen molar-refractivity contribution >= 4 is 17.5 Å². The van der Waals surface area contributed by atoms with E-state index in [0.29, 0.717) is 5.82 Å². The second-order valence-corrected chi connectivity index (χ2v) is 4.88. The molecule has 0 unspecified atom stereocenters. The van der Waals surface area contributed by atoms with Crippen molar-refractivity contribution in [2.24, 2.45) is 0 Å². The van der Waals surface area contributed by atoms with Crippen LogP contribution in [0, 0.1) is 0 Å². The Morgan fingerprint density at radius 2 is 1.95 bits per heavy atom. The number of carbonyl (C=O) groups is 1. The molecule has 20 heavy (non-hydrogen) atoms. The topological polar surface area (TPSA) is 45.2 Å². The Morgan fingerprint density at radius 3 is 2.80 bits per heavy atom. The lowest BCUT2D eigenvalue weighted by Crippen LogP contribution is -2.35. The van der Waals surface area contributed by atoms with E-state index in [1.54, 1.807) is 12.3 Å². The minimum atomic E-state index is -0.113. The molecule has 2 aromatic rings. The Labute approximate surface area is 118 Å². The summed E-state index contributed by atoms with van der Waals surface area (Å²) < 4.78 is 0. The van der Waals surface area contributed by atoms with Crippen molar-refractivity contribution in [1.82, 2.24) is 4.98 Å². The number of amides is 2. The summed E-state index contributed by atoms with van der Waals surface area (Å²) in [5.41, 5.74) is 2.25. The number of fused-ring (bicyclic) bond motifs is 1. The summed E-state index contributed by atoms with van der Waals surface area (Å²) in [6.07, 6.45) is 4.84. The molecule has 0 radical (unpaired) electrons. The van der Waals surface area contributed by atoms with Crippen LogP contribution in [0.1, 0.15) is 18.4 Å². The predicted molar refractivity (Wildman–Crippen MR) is 80.0 cm³/mol. The number of hydrogen-bond acceptors (Lipinski definition) is 2. The quantitative estimate of drug-likeness (QED) is 0.860. The number of anilines is 2. The third-order valence-corrected chi connectivity index (χ3v) is 3.51. The van der Waals surface area contributed by atoms with Gasteiger partial charge in [-0.25, -0.2) is 9.78 Å². The first-order chi connectivity index (χ1) is 9.84. The molecular formula is C16H17N3O. The highest BCUT2D eigenvalue weighted by Crippen LogP contribution is 2.26. The highest BCUT2D eigenvalue weighted by Gasteiger charge is 2.20. The lowest BCUT2D eigenvalue weighted by molar-refractivity contribution is 0.257. The van der Waals surface area contributed by atoms with Gasteiger partial charge in [0.25, 0.3) is 0 Å². The average molecular weight is 267 g/mol. The maximum absolute atomic E-state index is 12.5. The zero-order valence-corrected chi connectivity index (χ0v) is 11.2. The van der Waals surface area contributed by atoms with Gasteiger partial charge in [0.2, 0.25) is 0 Å². The Balaban J connectivity index is 1.84. The van der Waals surface area contributed by atoms with E-state index in [1.807, 2.05) is 35.2 Å². The molecule has 0 fully saturated rings. The number of urea groups is 1. The van der Waals surface area contributed by atoms with Gasteiger partial charge in [-0.1, -0.05) is 24.3 Å². The van der Waals surface area contributed by atoms with E-state index in [4.69, 9.17) is 0 Å². The standard InChI is InChI=1S/C16H17N3O/c20-16(18-15-10-3-5-11-17-15)19-12-6-4-8-13-7-1-2-9-14(13)19/h1-3,5,7,9-11H,4,6,8,12H2,(H,17,18,20). The molecule has 4 heteroatoms. The third-order valence-electron chi connectivity index (χ3n) is 3.51. The first-order valence-electron chi connectivity index (χ1n) is 6.92. The summed E-state index contributed by atoms with van der Waals surface area (Å²) in [7, 11) is 0. The van der Waals surface area contributed by atoms with E-state index in [9.17, 15) is 4.79 Å². The van der Waals surface area contributed by atoms with Gasteiger partial charge in [0.1, 0.15) is 5.82 Å². The highest BCUT2D eigenvalue weighted by molar-refractivity contribution is 6.01. The van der Waals surface area contributed by atoms with Crippen LogP contribution < -0.4 is 10.2 Å². The normalized spacial score (nSPS) is 14.3. The summed E-state index contributed by atoms with van der Waals surface area (Å²) in [6.45, 7) is 0.746. The molecule has 2 heterocycles. The van der Waals surface area contributed by atoms with Crippen molar-refractivity contribution in [3.8, 4) is 0 Å². The minimum absolute atomic E-state index is 0.113. The summed E-state index contributed by atoms with van der Waals surface area (Å²) in [5, 5.41) is 2.86. The number of nitrogens with zero attached hydrogens (tertiary/aromatic N) is 2. The lowest BCUT2D eigenvalue weighted by atomic mass is 10.1. The van der Waals surface area contributed by atoms with Crippen LogP contribution in [0.25, 0.3) is 0 Å². The van der Waals surface area contributed by atoms with Crippen molar-refractivity contribution in [1.29, 1.82) is 0 Å². The van der Waals surface area contributed by atoms with E-state index >= 15 is 0 Å². The van der Waals surface area contributed by atoms with Crippen LogP contribution in [0.3, 0.4) is 0 Å². The van der Waals surface area contributed by atoms with Crippen LogP contribution in [0.4, 0.5) is 16.3 Å². The average Bonchev–Trinajstić information content (AvgIpc) is 2.70. The summed E-state index contributed by atoms with van der Waals surface area (Å²) in [4.78, 5) is 18.4. The molecule has 0 atom stereocenters. The summed E-state index contributed by atoms with van der Waals surface area (Å²) in [5.74, 6) is 0.583. The van der Waals surface area contributed by atoms with Crippen molar-refractivity contribution in [2.45, 2.75) is 19.3 Å². The van der Waals surface area contributed by atoms with Crippen LogP contribution >= 0.6 is 0 Å². The fourth-order valence-corrected chi connectivity index (χ4v) is 2.52. The minimum Gasteiger partial charge on any atom is -0.294 e. The monoisotopic (exact) mass is 267 g/mol. The molecule has 0 saturated heterocycles. The van der Waals surface area contributed by atoms with Crippen LogP contribution in [-0.2, 0) is 6.42 Å². The molecule has 2 amide bonds. The van der Waals surface area contributed by atoms with Crippen molar-refractivity contribution in [2.75, 3.05) is 16.8 Å². The fourth-order valence-electron chi connectivity index (χ4n) is 2.52. The summed E-state index contributed by atoms with van der Waals surface area (Å²) >= 11 is 0. The molecule has 1 aliphatic heterocycles. The molecule has 3 rings (SSSR count). The molecule has 0 spiro atoms. The molecule has 1 aromatic heterocycles. The number of benzene rings is 1. The molecule has 102 valence electrons. The number of carbonyl (C=O) groups excluding carboxylic acids is 1.